The van der Waals surface area contributed by atoms with Crippen LogP contribution in [0, 0.1) is 0 Å². The molecule has 3 aromatic carbocycles. The SMILES string of the molecule is CCC1CCCCN1C(=O)Cc1ccc(/C=N/NC(=O)c2ccc(O)c(Cl)c2)c2ccccc12. The van der Waals surface area contributed by atoms with Crippen LogP contribution in [0.3, 0.4) is 0 Å². The third kappa shape index (κ3) is 5.23. The number of nitrogens with one attached hydrogen (secondary N) is 1. The number of aromatic hydroxyl groups is 1. The number of hydrogen-bond acceptors (Lipinski definition) is 4. The number of phenols is 1. The van der Waals surface area contributed by atoms with Crippen LogP contribution >= 0.6 is 11.6 Å². The number of carbonyl (C=O) groups is 2. The van der Waals surface area contributed by atoms with E-state index in [2.05, 4.69) is 22.4 Å². The van der Waals surface area contributed by atoms with E-state index in [0.717, 1.165) is 47.7 Å². The van der Waals surface area contributed by atoms with Gasteiger partial charge in [-0.3, -0.25) is 9.59 Å². The van der Waals surface area contributed by atoms with Crippen molar-refractivity contribution in [2.45, 2.75) is 45.1 Å². The number of amides is 2. The van der Waals surface area contributed by atoms with E-state index in [1.54, 1.807) is 6.21 Å². The Balaban J connectivity index is 1.51. The zero-order chi connectivity index (χ0) is 24.1. The van der Waals surface area contributed by atoms with E-state index in [1.807, 2.05) is 36.4 Å². The molecule has 1 aliphatic rings. The summed E-state index contributed by atoms with van der Waals surface area (Å²) in [5.41, 5.74) is 4.60. The maximum atomic E-state index is 13.1. The van der Waals surface area contributed by atoms with Crippen LogP contribution in [0.25, 0.3) is 10.8 Å². The molecule has 0 bridgehead atoms. The van der Waals surface area contributed by atoms with E-state index >= 15 is 0 Å². The second-order valence-corrected chi connectivity index (χ2v) is 8.95. The molecule has 0 radical (unpaired) electrons. The first-order valence-electron chi connectivity index (χ1n) is 11.6. The van der Waals surface area contributed by atoms with E-state index in [0.29, 0.717) is 18.0 Å². The normalized spacial score (nSPS) is 16.2. The number of likely N-dealkylation sites (tertiary alicyclic amines) is 1. The number of hydrogen-bond donors (Lipinski definition) is 2. The second-order valence-electron chi connectivity index (χ2n) is 8.55. The van der Waals surface area contributed by atoms with Crippen LogP contribution < -0.4 is 5.43 Å². The van der Waals surface area contributed by atoms with Gasteiger partial charge in [0, 0.05) is 23.7 Å². The molecule has 6 nitrogen and oxygen atoms in total. The lowest BCUT2D eigenvalue weighted by Gasteiger charge is -2.35. The van der Waals surface area contributed by atoms with E-state index in [1.165, 1.54) is 24.6 Å². The predicted molar refractivity (Wildman–Crippen MR) is 135 cm³/mol. The molecule has 7 heteroatoms. The molecule has 1 heterocycles. The molecule has 3 aromatic rings. The first-order valence-corrected chi connectivity index (χ1v) is 12.0. The third-order valence-electron chi connectivity index (χ3n) is 6.39. The van der Waals surface area contributed by atoms with Gasteiger partial charge in [-0.25, -0.2) is 5.43 Å². The van der Waals surface area contributed by atoms with Crippen molar-refractivity contribution in [2.24, 2.45) is 5.10 Å². The summed E-state index contributed by atoms with van der Waals surface area (Å²) in [5.74, 6) is -0.341. The lowest BCUT2D eigenvalue weighted by Crippen LogP contribution is -2.44. The number of piperidine rings is 1. The van der Waals surface area contributed by atoms with E-state index in [9.17, 15) is 14.7 Å². The fourth-order valence-electron chi connectivity index (χ4n) is 4.54. The third-order valence-corrected chi connectivity index (χ3v) is 6.69. The number of halogens is 1. The lowest BCUT2D eigenvalue weighted by atomic mass is 9.96. The predicted octanol–water partition coefficient (Wildman–Crippen LogP) is 5.30. The summed E-state index contributed by atoms with van der Waals surface area (Å²) in [5, 5.41) is 15.7. The second kappa shape index (κ2) is 10.7. The standard InChI is InChI=1S/C27H28ClN3O3/c1-2-21-7-5-6-14-31(21)26(33)16-18-10-11-20(23-9-4-3-8-22(18)23)17-29-30-27(34)19-12-13-25(32)24(28)15-19/h3-4,8-13,15,17,21,32H,2,5-7,14,16H2,1H3,(H,30,34)/b29-17+. The first-order chi connectivity index (χ1) is 16.5. The number of nitrogens with zero attached hydrogens (tertiary/aromatic N) is 2. The number of benzene rings is 3. The van der Waals surface area contributed by atoms with Crippen molar-refractivity contribution in [1.82, 2.24) is 10.3 Å². The summed E-state index contributed by atoms with van der Waals surface area (Å²) < 4.78 is 0. The molecular weight excluding hydrogens is 450 g/mol. The van der Waals surface area contributed by atoms with Gasteiger partial charge in [-0.15, -0.1) is 0 Å². The van der Waals surface area contributed by atoms with Crippen molar-refractivity contribution in [1.29, 1.82) is 0 Å². The summed E-state index contributed by atoms with van der Waals surface area (Å²) in [4.78, 5) is 27.5. The van der Waals surface area contributed by atoms with Crippen molar-refractivity contribution in [3.63, 3.8) is 0 Å². The van der Waals surface area contributed by atoms with Crippen LogP contribution in [0.2, 0.25) is 5.02 Å². The highest BCUT2D eigenvalue weighted by molar-refractivity contribution is 6.32. The Morgan fingerprint density at radius 1 is 1.15 bits per heavy atom. The zero-order valence-electron chi connectivity index (χ0n) is 19.1. The number of phenolic OH excluding ortho intramolecular Hbond substituents is 1. The molecule has 1 fully saturated rings. The first kappa shape index (κ1) is 23.8. The van der Waals surface area contributed by atoms with Gasteiger partial charge >= 0.3 is 0 Å². The molecule has 0 aliphatic carbocycles. The van der Waals surface area contributed by atoms with Crippen molar-refractivity contribution in [3.8, 4) is 5.75 Å². The van der Waals surface area contributed by atoms with E-state index < -0.39 is 5.91 Å². The summed E-state index contributed by atoms with van der Waals surface area (Å²) in [6, 6.07) is 16.4. The highest BCUT2D eigenvalue weighted by Crippen LogP contribution is 2.26. The van der Waals surface area contributed by atoms with Gasteiger partial charge in [-0.05, 0) is 60.2 Å². The average molecular weight is 478 g/mol. The quantitative estimate of drug-likeness (QED) is 0.373. The zero-order valence-corrected chi connectivity index (χ0v) is 19.9. The van der Waals surface area contributed by atoms with Crippen LogP contribution in [-0.4, -0.2) is 40.6 Å². The number of fused-ring (bicyclic) bond motifs is 1. The Bertz CT molecular complexity index is 1240. The smallest absolute Gasteiger partial charge is 0.271 e. The molecule has 0 aromatic heterocycles. The molecule has 2 amide bonds. The molecule has 2 N–H and O–H groups in total. The van der Waals surface area contributed by atoms with Crippen LogP contribution in [0.4, 0.5) is 0 Å². The molecule has 0 spiro atoms. The molecule has 1 atom stereocenters. The summed E-state index contributed by atoms with van der Waals surface area (Å²) >= 11 is 5.87. The Morgan fingerprint density at radius 2 is 1.94 bits per heavy atom. The van der Waals surface area contributed by atoms with E-state index in [-0.39, 0.29) is 16.7 Å². The highest BCUT2D eigenvalue weighted by Gasteiger charge is 2.25. The average Bonchev–Trinajstić information content (AvgIpc) is 2.86. The molecule has 0 saturated carbocycles. The topological polar surface area (TPSA) is 82.0 Å². The van der Waals surface area contributed by atoms with Gasteiger partial charge in [0.1, 0.15) is 5.75 Å². The minimum atomic E-state index is -0.434. The van der Waals surface area contributed by atoms with E-state index in [4.69, 9.17) is 11.6 Å². The molecular formula is C27H28ClN3O3. The number of hydrazone groups is 1. The Hall–Kier alpha value is -3.38. The van der Waals surface area contributed by atoms with Crippen molar-refractivity contribution >= 4 is 40.4 Å². The molecule has 4 rings (SSSR count). The summed E-state index contributed by atoms with van der Waals surface area (Å²) in [7, 11) is 0. The van der Waals surface area contributed by atoms with Crippen LogP contribution in [0.5, 0.6) is 5.75 Å². The molecule has 1 saturated heterocycles. The Morgan fingerprint density at radius 3 is 2.71 bits per heavy atom. The molecule has 1 aliphatic heterocycles. The van der Waals surface area contributed by atoms with Gasteiger partial charge < -0.3 is 10.0 Å². The lowest BCUT2D eigenvalue weighted by molar-refractivity contribution is -0.134. The minimum absolute atomic E-state index is 0.0859. The maximum Gasteiger partial charge on any atom is 0.271 e. The highest BCUT2D eigenvalue weighted by atomic mass is 35.5. The van der Waals surface area contributed by atoms with Gasteiger partial charge in [-0.2, -0.15) is 5.10 Å². The summed E-state index contributed by atoms with van der Waals surface area (Å²) in [6.07, 6.45) is 6.29. The van der Waals surface area contributed by atoms with Crippen LogP contribution in [-0.2, 0) is 11.2 Å². The number of carbonyl (C=O) groups excluding carboxylic acids is 2. The van der Waals surface area contributed by atoms with Crippen LogP contribution in [0.15, 0.2) is 59.7 Å². The Kier molecular flexibility index (Phi) is 7.48. The summed E-state index contributed by atoms with van der Waals surface area (Å²) in [6.45, 7) is 2.99. The molecule has 34 heavy (non-hydrogen) atoms. The fraction of sp³-hybridized carbons (Fsp3) is 0.296. The van der Waals surface area contributed by atoms with Gasteiger partial charge in [0.2, 0.25) is 5.91 Å². The van der Waals surface area contributed by atoms with Crippen molar-refractivity contribution in [3.05, 3.63) is 76.3 Å². The maximum absolute atomic E-state index is 13.1. The van der Waals surface area contributed by atoms with Crippen molar-refractivity contribution < 1.29 is 14.7 Å². The van der Waals surface area contributed by atoms with Crippen LogP contribution in [0.1, 0.15) is 54.1 Å². The largest absolute Gasteiger partial charge is 0.506 e. The number of rotatable bonds is 6. The van der Waals surface area contributed by atoms with Gasteiger partial charge in [0.05, 0.1) is 17.7 Å². The van der Waals surface area contributed by atoms with Crippen molar-refractivity contribution in [2.75, 3.05) is 6.54 Å². The minimum Gasteiger partial charge on any atom is -0.506 e. The van der Waals surface area contributed by atoms with Gasteiger partial charge in [0.25, 0.3) is 5.91 Å². The Labute approximate surface area is 204 Å². The molecule has 1 unspecified atom stereocenters. The van der Waals surface area contributed by atoms with Gasteiger partial charge in [0.15, 0.2) is 0 Å². The monoisotopic (exact) mass is 477 g/mol. The molecule has 176 valence electrons. The fourth-order valence-corrected chi connectivity index (χ4v) is 4.72. The van der Waals surface area contributed by atoms with Gasteiger partial charge in [-0.1, -0.05) is 54.9 Å².